The molecular weight excluding hydrogens is 263 g/mol. The number of thioether (sulfide) groups is 1. The van der Waals surface area contributed by atoms with Gasteiger partial charge in [0.2, 0.25) is 0 Å². The van der Waals surface area contributed by atoms with Crippen LogP contribution in [0.1, 0.15) is 26.7 Å². The van der Waals surface area contributed by atoms with Gasteiger partial charge in [-0.1, -0.05) is 25.6 Å². The lowest BCUT2D eigenvalue weighted by Gasteiger charge is -2.28. The summed E-state index contributed by atoms with van der Waals surface area (Å²) in [5.74, 6) is 0.671. The van der Waals surface area contributed by atoms with Gasteiger partial charge in [0.1, 0.15) is 0 Å². The molecule has 1 unspecified atom stereocenters. The van der Waals surface area contributed by atoms with Gasteiger partial charge in [0, 0.05) is 24.3 Å². The molecule has 1 aliphatic rings. The van der Waals surface area contributed by atoms with E-state index in [1.807, 2.05) is 0 Å². The van der Waals surface area contributed by atoms with E-state index < -0.39 is 5.51 Å². The van der Waals surface area contributed by atoms with Crippen LogP contribution in [-0.4, -0.2) is 37.6 Å². The van der Waals surface area contributed by atoms with Crippen molar-refractivity contribution < 1.29 is 17.9 Å². The summed E-state index contributed by atoms with van der Waals surface area (Å²) >= 11 is 0.0754. The van der Waals surface area contributed by atoms with Gasteiger partial charge in [-0.25, -0.2) is 0 Å². The average Bonchev–Trinajstić information content (AvgIpc) is 2.64. The Hall–Kier alpha value is 0.0600. The number of hydrogen-bond donors (Lipinski definition) is 1. The highest BCUT2D eigenvalue weighted by atomic mass is 32.2. The highest BCUT2D eigenvalue weighted by Gasteiger charge is 2.36. The van der Waals surface area contributed by atoms with Crippen LogP contribution in [0.4, 0.5) is 13.2 Å². The number of rotatable bonds is 7. The van der Waals surface area contributed by atoms with Crippen molar-refractivity contribution in [3.63, 3.8) is 0 Å². The Morgan fingerprint density at radius 1 is 1.39 bits per heavy atom. The van der Waals surface area contributed by atoms with Crippen LogP contribution >= 0.6 is 11.8 Å². The van der Waals surface area contributed by atoms with Gasteiger partial charge < -0.3 is 10.1 Å². The minimum absolute atomic E-state index is 0.0754. The zero-order valence-electron chi connectivity index (χ0n) is 11.0. The number of halogens is 3. The first-order valence-electron chi connectivity index (χ1n) is 6.32. The van der Waals surface area contributed by atoms with Gasteiger partial charge in [-0.05, 0) is 25.3 Å². The molecule has 18 heavy (non-hydrogen) atoms. The maximum atomic E-state index is 12.1. The largest absolute Gasteiger partial charge is 0.441 e. The highest BCUT2D eigenvalue weighted by molar-refractivity contribution is 8.00. The van der Waals surface area contributed by atoms with E-state index in [4.69, 9.17) is 4.74 Å². The van der Waals surface area contributed by atoms with Crippen molar-refractivity contribution in [1.29, 1.82) is 0 Å². The Kier molecular flexibility index (Phi) is 6.27. The third-order valence-electron chi connectivity index (χ3n) is 3.14. The molecule has 108 valence electrons. The van der Waals surface area contributed by atoms with Crippen molar-refractivity contribution in [2.75, 3.05) is 32.1 Å². The second-order valence-corrected chi connectivity index (χ2v) is 6.53. The Balaban J connectivity index is 2.33. The van der Waals surface area contributed by atoms with Crippen molar-refractivity contribution in [2.45, 2.75) is 32.2 Å². The molecular formula is C12H22F3NOS. The molecule has 1 fully saturated rings. The topological polar surface area (TPSA) is 21.3 Å². The monoisotopic (exact) mass is 285 g/mol. The molecule has 0 aromatic carbocycles. The Morgan fingerprint density at radius 2 is 2.11 bits per heavy atom. The van der Waals surface area contributed by atoms with Gasteiger partial charge in [0.05, 0.1) is 6.61 Å². The molecule has 1 rings (SSSR count). The van der Waals surface area contributed by atoms with Crippen molar-refractivity contribution in [1.82, 2.24) is 5.32 Å². The quantitative estimate of drug-likeness (QED) is 0.775. The maximum Gasteiger partial charge on any atom is 0.441 e. The molecule has 0 spiro atoms. The summed E-state index contributed by atoms with van der Waals surface area (Å²) in [6.45, 7) is 7.13. The lowest BCUT2D eigenvalue weighted by molar-refractivity contribution is -0.0329. The van der Waals surface area contributed by atoms with Crippen LogP contribution in [0, 0.1) is 11.3 Å². The van der Waals surface area contributed by atoms with E-state index in [2.05, 4.69) is 19.2 Å². The standard InChI is InChI=1S/C12H22F3NOS/c1-10(2)7-16-8-11(3-5-17-9-11)4-6-18-12(13,14)15/h10,16H,3-9H2,1-2H3. The first-order chi connectivity index (χ1) is 8.33. The molecule has 0 aromatic heterocycles. The van der Waals surface area contributed by atoms with Crippen LogP contribution in [0.25, 0.3) is 0 Å². The third kappa shape index (κ3) is 6.29. The molecule has 1 N–H and O–H groups in total. The predicted molar refractivity (Wildman–Crippen MR) is 68.7 cm³/mol. The second-order valence-electron chi connectivity index (χ2n) is 5.37. The molecule has 1 aliphatic heterocycles. The minimum Gasteiger partial charge on any atom is -0.381 e. The molecule has 2 nitrogen and oxygen atoms in total. The second kappa shape index (κ2) is 7.01. The summed E-state index contributed by atoms with van der Waals surface area (Å²) in [6.07, 6.45) is 1.42. The smallest absolute Gasteiger partial charge is 0.381 e. The maximum absolute atomic E-state index is 12.1. The van der Waals surface area contributed by atoms with Crippen LogP contribution < -0.4 is 5.32 Å². The van der Waals surface area contributed by atoms with Gasteiger partial charge in [0.25, 0.3) is 0 Å². The minimum atomic E-state index is -4.12. The first-order valence-corrected chi connectivity index (χ1v) is 7.31. The zero-order chi connectivity index (χ0) is 13.6. The number of hydrogen-bond acceptors (Lipinski definition) is 3. The summed E-state index contributed by atoms with van der Waals surface area (Å²) < 4.78 is 41.8. The number of nitrogens with one attached hydrogen (secondary N) is 1. The summed E-state index contributed by atoms with van der Waals surface area (Å²) in [4.78, 5) is 0. The fraction of sp³-hybridized carbons (Fsp3) is 1.00. The molecule has 1 saturated heterocycles. The molecule has 0 amide bonds. The molecule has 0 bridgehead atoms. The van der Waals surface area contributed by atoms with E-state index in [9.17, 15) is 13.2 Å². The van der Waals surface area contributed by atoms with Crippen molar-refractivity contribution >= 4 is 11.8 Å². The Morgan fingerprint density at radius 3 is 2.61 bits per heavy atom. The van der Waals surface area contributed by atoms with Crippen LogP contribution in [0.2, 0.25) is 0 Å². The Bertz CT molecular complexity index is 240. The van der Waals surface area contributed by atoms with Crippen molar-refractivity contribution in [3.05, 3.63) is 0 Å². The van der Waals surface area contributed by atoms with E-state index in [0.717, 1.165) is 19.5 Å². The van der Waals surface area contributed by atoms with Gasteiger partial charge in [0.15, 0.2) is 0 Å². The van der Waals surface area contributed by atoms with Crippen molar-refractivity contribution in [3.8, 4) is 0 Å². The van der Waals surface area contributed by atoms with Crippen molar-refractivity contribution in [2.24, 2.45) is 11.3 Å². The van der Waals surface area contributed by atoms with Gasteiger partial charge in [-0.3, -0.25) is 0 Å². The van der Waals surface area contributed by atoms with Crippen LogP contribution in [0.5, 0.6) is 0 Å². The lowest BCUT2D eigenvalue weighted by atomic mass is 9.84. The first kappa shape index (κ1) is 16.1. The van der Waals surface area contributed by atoms with Crippen LogP contribution in [0.15, 0.2) is 0 Å². The number of ether oxygens (including phenoxy) is 1. The number of alkyl halides is 3. The summed E-state index contributed by atoms with van der Waals surface area (Å²) in [7, 11) is 0. The van der Waals surface area contributed by atoms with E-state index in [1.54, 1.807) is 0 Å². The normalized spacial score (nSPS) is 25.0. The summed E-state index contributed by atoms with van der Waals surface area (Å²) in [5, 5.41) is 3.34. The molecule has 0 radical (unpaired) electrons. The van der Waals surface area contributed by atoms with Gasteiger partial charge in [-0.15, -0.1) is 0 Å². The van der Waals surface area contributed by atoms with E-state index in [-0.39, 0.29) is 22.9 Å². The molecule has 1 atom stereocenters. The molecule has 0 saturated carbocycles. The molecule has 0 aromatic rings. The molecule has 1 heterocycles. The average molecular weight is 285 g/mol. The lowest BCUT2D eigenvalue weighted by Crippen LogP contribution is -2.37. The Labute approximate surface area is 111 Å². The van der Waals surface area contributed by atoms with Gasteiger partial charge >= 0.3 is 5.51 Å². The zero-order valence-corrected chi connectivity index (χ0v) is 11.8. The van der Waals surface area contributed by atoms with E-state index in [0.29, 0.717) is 25.6 Å². The highest BCUT2D eigenvalue weighted by Crippen LogP contribution is 2.37. The van der Waals surface area contributed by atoms with Crippen LogP contribution in [-0.2, 0) is 4.74 Å². The van der Waals surface area contributed by atoms with Crippen LogP contribution in [0.3, 0.4) is 0 Å². The molecule has 0 aliphatic carbocycles. The summed E-state index contributed by atoms with van der Waals surface area (Å²) in [6, 6.07) is 0. The van der Waals surface area contributed by atoms with Gasteiger partial charge in [-0.2, -0.15) is 13.2 Å². The van der Waals surface area contributed by atoms with E-state index >= 15 is 0 Å². The predicted octanol–water partition coefficient (Wildman–Crippen LogP) is 3.28. The SMILES string of the molecule is CC(C)CNCC1(CCSC(F)(F)F)CCOC1. The molecule has 6 heteroatoms. The fourth-order valence-electron chi connectivity index (χ4n) is 2.08. The fourth-order valence-corrected chi connectivity index (χ4v) is 2.85. The third-order valence-corrected chi connectivity index (χ3v) is 3.87. The summed E-state index contributed by atoms with van der Waals surface area (Å²) in [5.41, 5.74) is -4.22. The van der Waals surface area contributed by atoms with E-state index in [1.165, 1.54) is 0 Å².